The summed E-state index contributed by atoms with van der Waals surface area (Å²) in [4.78, 5) is 0. The summed E-state index contributed by atoms with van der Waals surface area (Å²) in [5, 5.41) is 0.265. The molecule has 1 aromatic carbocycles. The van der Waals surface area contributed by atoms with Gasteiger partial charge in [0.15, 0.2) is 16.6 Å². The van der Waals surface area contributed by atoms with Crippen LogP contribution in [0, 0.1) is 11.8 Å². The zero-order valence-electron chi connectivity index (χ0n) is 26.6. The van der Waals surface area contributed by atoms with Gasteiger partial charge in [-0.1, -0.05) is 78.0 Å². The summed E-state index contributed by atoms with van der Waals surface area (Å²) in [6.45, 7) is 28.5. The highest BCUT2D eigenvalue weighted by Gasteiger charge is 2.47. The van der Waals surface area contributed by atoms with Crippen molar-refractivity contribution < 1.29 is 18.3 Å². The number of hydrogen-bond acceptors (Lipinski definition) is 4. The van der Waals surface area contributed by atoms with Gasteiger partial charge in [-0.15, -0.1) is 18.4 Å². The molecule has 220 valence electrons. The molecule has 1 fully saturated rings. The predicted molar refractivity (Wildman–Crippen MR) is 170 cm³/mol. The first-order valence-electron chi connectivity index (χ1n) is 14.8. The first-order chi connectivity index (χ1) is 18.1. The maximum atomic E-state index is 6.91. The summed E-state index contributed by atoms with van der Waals surface area (Å²) in [6, 6.07) is 10.3. The average Bonchev–Trinajstić information content (AvgIpc) is 3.22. The molecule has 1 aliphatic heterocycles. The van der Waals surface area contributed by atoms with E-state index in [0.717, 1.165) is 32.3 Å². The molecule has 0 spiro atoms. The molecule has 2 rings (SSSR count). The fraction of sp³-hybridized carbons (Fsp3) is 0.697. The van der Waals surface area contributed by atoms with Crippen LogP contribution in [0.1, 0.15) is 79.2 Å². The first kappa shape index (κ1) is 34.0. The molecule has 39 heavy (non-hydrogen) atoms. The minimum Gasteiger partial charge on any atom is -0.411 e. The van der Waals surface area contributed by atoms with E-state index < -0.39 is 16.6 Å². The smallest absolute Gasteiger partial charge is 0.193 e. The van der Waals surface area contributed by atoms with Crippen LogP contribution < -0.4 is 0 Å². The van der Waals surface area contributed by atoms with Crippen molar-refractivity contribution in [3.63, 3.8) is 0 Å². The molecule has 0 bridgehead atoms. The molecule has 1 aliphatic rings. The SMILES string of the molecule is C=C[C@@H](O[Si](C)(C)C(C)(C)C)[C@@H]1C[C@H](O[Si](C)(C)C(C)(C)C)[C@H](CC#CCCCCOCc2ccccc2)O1. The summed E-state index contributed by atoms with van der Waals surface area (Å²) in [5.74, 6) is 6.79. The van der Waals surface area contributed by atoms with Crippen LogP contribution in [0.15, 0.2) is 43.0 Å². The summed E-state index contributed by atoms with van der Waals surface area (Å²) < 4.78 is 26.1. The van der Waals surface area contributed by atoms with E-state index in [-0.39, 0.29) is 34.5 Å². The molecule has 0 radical (unpaired) electrons. The maximum absolute atomic E-state index is 6.91. The first-order valence-corrected chi connectivity index (χ1v) is 20.6. The normalized spacial score (nSPS) is 21.3. The second-order valence-corrected chi connectivity index (χ2v) is 23.5. The van der Waals surface area contributed by atoms with Crippen LogP contribution in [0.5, 0.6) is 0 Å². The molecule has 0 aliphatic carbocycles. The van der Waals surface area contributed by atoms with Gasteiger partial charge in [0.25, 0.3) is 0 Å². The lowest BCUT2D eigenvalue weighted by atomic mass is 10.1. The Morgan fingerprint density at radius 1 is 0.974 bits per heavy atom. The second-order valence-electron chi connectivity index (χ2n) is 14.0. The van der Waals surface area contributed by atoms with Crippen molar-refractivity contribution in [3.05, 3.63) is 48.6 Å². The number of rotatable bonds is 13. The highest BCUT2D eigenvalue weighted by atomic mass is 28.4. The zero-order chi connectivity index (χ0) is 29.3. The van der Waals surface area contributed by atoms with E-state index in [1.165, 1.54) is 5.56 Å². The third-order valence-corrected chi connectivity index (χ3v) is 17.7. The maximum Gasteiger partial charge on any atom is 0.193 e. The van der Waals surface area contributed by atoms with E-state index in [0.29, 0.717) is 13.0 Å². The highest BCUT2D eigenvalue weighted by molar-refractivity contribution is 6.74. The van der Waals surface area contributed by atoms with Gasteiger partial charge in [-0.2, -0.15) is 0 Å². The lowest BCUT2D eigenvalue weighted by Gasteiger charge is -2.40. The lowest BCUT2D eigenvalue weighted by molar-refractivity contribution is -0.0214. The van der Waals surface area contributed by atoms with Crippen LogP contribution in [0.25, 0.3) is 0 Å². The molecule has 4 atom stereocenters. The molecule has 1 heterocycles. The Bertz CT molecular complexity index is 934. The highest BCUT2D eigenvalue weighted by Crippen LogP contribution is 2.42. The minimum atomic E-state index is -1.97. The van der Waals surface area contributed by atoms with Crippen molar-refractivity contribution in [1.82, 2.24) is 0 Å². The molecule has 1 aromatic rings. The van der Waals surface area contributed by atoms with E-state index in [1.54, 1.807) is 0 Å². The van der Waals surface area contributed by atoms with Gasteiger partial charge in [-0.3, -0.25) is 0 Å². The van der Waals surface area contributed by atoms with Gasteiger partial charge < -0.3 is 18.3 Å². The second kappa shape index (κ2) is 14.6. The Kier molecular flexibility index (Phi) is 12.7. The van der Waals surface area contributed by atoms with Crippen LogP contribution in [0.2, 0.25) is 36.3 Å². The summed E-state index contributed by atoms with van der Waals surface area (Å²) in [5.41, 5.74) is 1.22. The Labute approximate surface area is 242 Å². The summed E-state index contributed by atoms with van der Waals surface area (Å²) >= 11 is 0. The van der Waals surface area contributed by atoms with Gasteiger partial charge in [0, 0.05) is 25.9 Å². The Balaban J connectivity index is 1.95. The van der Waals surface area contributed by atoms with E-state index in [1.807, 2.05) is 24.3 Å². The van der Waals surface area contributed by atoms with Gasteiger partial charge in [0.05, 0.1) is 31.0 Å². The standard InChI is InChI=1S/C33H56O4Si2/c1-12-28(36-38(8,9)32(2,3)4)30-25-31(37-39(10,11)33(5,6)7)29(35-30)23-19-14-13-15-20-24-34-26-27-21-17-16-18-22-27/h12,16-18,21-22,28-31H,1,13,15,20,23-26H2,2-11H3/t28-,29+,30+,31+/m1/s1. The van der Waals surface area contributed by atoms with Crippen molar-refractivity contribution in [2.45, 2.75) is 141 Å². The monoisotopic (exact) mass is 572 g/mol. The van der Waals surface area contributed by atoms with E-state index in [9.17, 15) is 0 Å². The quantitative estimate of drug-likeness (QED) is 0.102. The van der Waals surface area contributed by atoms with Gasteiger partial charge >= 0.3 is 0 Å². The van der Waals surface area contributed by atoms with Crippen molar-refractivity contribution in [2.75, 3.05) is 6.61 Å². The van der Waals surface area contributed by atoms with Crippen molar-refractivity contribution >= 4 is 16.6 Å². The van der Waals surface area contributed by atoms with Crippen LogP contribution in [0.3, 0.4) is 0 Å². The Morgan fingerprint density at radius 3 is 2.21 bits per heavy atom. The van der Waals surface area contributed by atoms with E-state index >= 15 is 0 Å². The molecule has 0 saturated carbocycles. The van der Waals surface area contributed by atoms with Crippen molar-refractivity contribution in [3.8, 4) is 11.8 Å². The van der Waals surface area contributed by atoms with Gasteiger partial charge in [0.2, 0.25) is 0 Å². The van der Waals surface area contributed by atoms with Gasteiger partial charge in [0.1, 0.15) is 0 Å². The van der Waals surface area contributed by atoms with E-state index in [4.69, 9.17) is 18.3 Å². The molecular formula is C33H56O4Si2. The van der Waals surface area contributed by atoms with Gasteiger partial charge in [-0.05, 0) is 54.7 Å². The number of hydrogen-bond donors (Lipinski definition) is 0. The van der Waals surface area contributed by atoms with Crippen molar-refractivity contribution in [2.24, 2.45) is 0 Å². The summed E-state index contributed by atoms with van der Waals surface area (Å²) in [6.07, 6.45) is 6.17. The molecule has 0 amide bonds. The molecule has 0 N–H and O–H groups in total. The lowest BCUT2D eigenvalue weighted by Crippen LogP contribution is -2.47. The fourth-order valence-corrected chi connectivity index (χ4v) is 6.69. The topological polar surface area (TPSA) is 36.9 Å². The molecule has 0 aromatic heterocycles. The van der Waals surface area contributed by atoms with Crippen LogP contribution in [-0.2, 0) is 24.9 Å². The number of benzene rings is 1. The Hall–Kier alpha value is -1.21. The third kappa shape index (κ3) is 10.6. The Morgan fingerprint density at radius 2 is 1.62 bits per heavy atom. The van der Waals surface area contributed by atoms with Gasteiger partial charge in [-0.25, -0.2) is 0 Å². The minimum absolute atomic E-state index is 0.0297. The predicted octanol–water partition coefficient (Wildman–Crippen LogP) is 8.89. The average molecular weight is 573 g/mol. The molecule has 4 nitrogen and oxygen atoms in total. The fourth-order valence-electron chi connectivity index (χ4n) is 4.05. The molecule has 1 saturated heterocycles. The van der Waals surface area contributed by atoms with Crippen molar-refractivity contribution in [1.29, 1.82) is 0 Å². The third-order valence-electron chi connectivity index (χ3n) is 8.70. The van der Waals surface area contributed by atoms with Crippen LogP contribution >= 0.6 is 0 Å². The number of unbranched alkanes of at least 4 members (excludes halogenated alkanes) is 2. The zero-order valence-corrected chi connectivity index (χ0v) is 28.6. The molecular weight excluding hydrogens is 517 g/mol. The molecule has 6 heteroatoms. The molecule has 0 unspecified atom stereocenters. The largest absolute Gasteiger partial charge is 0.411 e. The number of ether oxygens (including phenoxy) is 2. The summed E-state index contributed by atoms with van der Waals surface area (Å²) in [7, 11) is -3.93. The van der Waals surface area contributed by atoms with E-state index in [2.05, 4.69) is 98.3 Å². The van der Waals surface area contributed by atoms with Crippen LogP contribution in [0.4, 0.5) is 0 Å². The van der Waals surface area contributed by atoms with Crippen LogP contribution in [-0.4, -0.2) is 47.7 Å².